The molecule has 3 rings (SSSR count). The van der Waals surface area contributed by atoms with E-state index in [2.05, 4.69) is 5.32 Å². The van der Waals surface area contributed by atoms with Crippen LogP contribution in [0.5, 0.6) is 0 Å². The van der Waals surface area contributed by atoms with E-state index >= 15 is 0 Å². The number of ether oxygens (including phenoxy) is 2. The van der Waals surface area contributed by atoms with Crippen molar-refractivity contribution < 1.29 is 14.3 Å². The van der Waals surface area contributed by atoms with Crippen LogP contribution in [0.4, 0.5) is 10.5 Å². The second kappa shape index (κ2) is 5.61. The van der Waals surface area contributed by atoms with Gasteiger partial charge in [0.05, 0.1) is 12.2 Å². The van der Waals surface area contributed by atoms with Gasteiger partial charge in [-0.3, -0.25) is 5.32 Å². The van der Waals surface area contributed by atoms with Crippen LogP contribution in [0.3, 0.4) is 0 Å². The summed E-state index contributed by atoms with van der Waals surface area (Å²) in [7, 11) is 0. The van der Waals surface area contributed by atoms with E-state index in [9.17, 15) is 4.79 Å². The zero-order chi connectivity index (χ0) is 13.1. The van der Waals surface area contributed by atoms with Crippen molar-refractivity contribution in [1.82, 2.24) is 0 Å². The largest absolute Gasteiger partial charge is 0.443 e. The van der Waals surface area contributed by atoms with Crippen molar-refractivity contribution in [1.29, 1.82) is 0 Å². The summed E-state index contributed by atoms with van der Waals surface area (Å²) in [6, 6.07) is 9.36. The van der Waals surface area contributed by atoms with E-state index in [1.807, 2.05) is 30.3 Å². The van der Waals surface area contributed by atoms with Crippen LogP contribution in [0.2, 0.25) is 0 Å². The summed E-state index contributed by atoms with van der Waals surface area (Å²) < 4.78 is 11.4. The third-order valence-corrected chi connectivity index (χ3v) is 3.85. The highest BCUT2D eigenvalue weighted by atomic mass is 16.6. The molecular formula is C15H19NO3. The summed E-state index contributed by atoms with van der Waals surface area (Å²) in [4.78, 5) is 11.9. The maximum Gasteiger partial charge on any atom is 0.411 e. The summed E-state index contributed by atoms with van der Waals surface area (Å²) in [6.45, 7) is 0. The molecule has 4 heteroatoms. The van der Waals surface area contributed by atoms with Gasteiger partial charge in [0.1, 0.15) is 6.10 Å². The van der Waals surface area contributed by atoms with E-state index in [-0.39, 0.29) is 18.3 Å². The van der Waals surface area contributed by atoms with Gasteiger partial charge >= 0.3 is 6.09 Å². The molecule has 1 aromatic carbocycles. The van der Waals surface area contributed by atoms with Gasteiger partial charge in [-0.15, -0.1) is 0 Å². The quantitative estimate of drug-likeness (QED) is 0.888. The minimum atomic E-state index is -0.384. The van der Waals surface area contributed by atoms with E-state index in [1.54, 1.807) is 0 Å². The van der Waals surface area contributed by atoms with Crippen LogP contribution in [0.25, 0.3) is 0 Å². The predicted octanol–water partition coefficient (Wildman–Crippen LogP) is 3.34. The van der Waals surface area contributed by atoms with Gasteiger partial charge in [0, 0.05) is 5.69 Å². The summed E-state index contributed by atoms with van der Waals surface area (Å²) in [5.74, 6) is 0. The number of anilines is 1. The lowest BCUT2D eigenvalue weighted by atomic mass is 9.99. The molecule has 3 atom stereocenters. The highest BCUT2D eigenvalue weighted by Crippen LogP contribution is 2.32. The van der Waals surface area contributed by atoms with Gasteiger partial charge in [-0.05, 0) is 44.2 Å². The average Bonchev–Trinajstić information content (AvgIpc) is 2.78. The summed E-state index contributed by atoms with van der Waals surface area (Å²) in [5, 5.41) is 2.75. The van der Waals surface area contributed by atoms with Crippen molar-refractivity contribution in [3.63, 3.8) is 0 Å². The van der Waals surface area contributed by atoms with Gasteiger partial charge in [0.2, 0.25) is 0 Å². The van der Waals surface area contributed by atoms with Gasteiger partial charge in [-0.2, -0.15) is 0 Å². The van der Waals surface area contributed by atoms with E-state index in [0.717, 1.165) is 37.8 Å². The lowest BCUT2D eigenvalue weighted by Gasteiger charge is -2.21. The van der Waals surface area contributed by atoms with Gasteiger partial charge in [0.15, 0.2) is 0 Å². The minimum Gasteiger partial charge on any atom is -0.443 e. The van der Waals surface area contributed by atoms with Crippen LogP contribution in [-0.2, 0) is 9.47 Å². The molecule has 1 aromatic rings. The Morgan fingerprint density at radius 1 is 1.16 bits per heavy atom. The average molecular weight is 261 g/mol. The number of rotatable bonds is 2. The number of hydrogen-bond donors (Lipinski definition) is 1. The summed E-state index contributed by atoms with van der Waals surface area (Å²) >= 11 is 0. The summed E-state index contributed by atoms with van der Waals surface area (Å²) in [5.41, 5.74) is 0.756. The number of hydrogen-bond acceptors (Lipinski definition) is 3. The maximum absolute atomic E-state index is 11.9. The molecule has 4 nitrogen and oxygen atoms in total. The number of benzene rings is 1. The van der Waals surface area contributed by atoms with Crippen LogP contribution >= 0.6 is 0 Å². The fourth-order valence-corrected chi connectivity index (χ4v) is 2.89. The Balaban J connectivity index is 1.56. The van der Waals surface area contributed by atoms with Crippen molar-refractivity contribution in [2.75, 3.05) is 5.32 Å². The Morgan fingerprint density at radius 3 is 2.84 bits per heavy atom. The number of amides is 1. The molecule has 0 aromatic heterocycles. The molecule has 2 bridgehead atoms. The SMILES string of the molecule is O=C(Nc1ccccc1)O[C@H]1CCC[C@H]2CC[C@@H]1O2. The second-order valence-electron chi connectivity index (χ2n) is 5.24. The molecule has 2 saturated heterocycles. The predicted molar refractivity (Wildman–Crippen MR) is 72.1 cm³/mol. The fourth-order valence-electron chi connectivity index (χ4n) is 2.89. The second-order valence-corrected chi connectivity index (χ2v) is 5.24. The molecule has 2 fully saturated rings. The number of carbonyl (C=O) groups is 1. The zero-order valence-corrected chi connectivity index (χ0v) is 10.9. The molecule has 2 aliphatic rings. The van der Waals surface area contributed by atoms with Crippen molar-refractivity contribution in [2.24, 2.45) is 0 Å². The lowest BCUT2D eigenvalue weighted by Crippen LogP contribution is -2.32. The summed E-state index contributed by atoms with van der Waals surface area (Å²) in [6.07, 6.45) is 5.18. The van der Waals surface area contributed by atoms with Gasteiger partial charge in [0.25, 0.3) is 0 Å². The Bertz CT molecular complexity index is 434. The van der Waals surface area contributed by atoms with Crippen LogP contribution in [-0.4, -0.2) is 24.4 Å². The number of para-hydroxylation sites is 1. The van der Waals surface area contributed by atoms with Gasteiger partial charge in [-0.1, -0.05) is 18.2 Å². The first-order valence-electron chi connectivity index (χ1n) is 6.99. The molecular weight excluding hydrogens is 242 g/mol. The maximum atomic E-state index is 11.9. The van der Waals surface area contributed by atoms with E-state index in [0.29, 0.717) is 6.10 Å². The Labute approximate surface area is 113 Å². The van der Waals surface area contributed by atoms with E-state index in [4.69, 9.17) is 9.47 Å². The third-order valence-electron chi connectivity index (χ3n) is 3.85. The zero-order valence-electron chi connectivity index (χ0n) is 10.9. The molecule has 0 unspecified atom stereocenters. The molecule has 0 aliphatic carbocycles. The Morgan fingerprint density at radius 2 is 2.00 bits per heavy atom. The molecule has 0 spiro atoms. The van der Waals surface area contributed by atoms with Crippen LogP contribution < -0.4 is 5.32 Å². The molecule has 2 aliphatic heterocycles. The van der Waals surface area contributed by atoms with Gasteiger partial charge in [-0.25, -0.2) is 4.79 Å². The van der Waals surface area contributed by atoms with Crippen LogP contribution in [0.1, 0.15) is 32.1 Å². The van der Waals surface area contributed by atoms with E-state index < -0.39 is 0 Å². The first-order chi connectivity index (χ1) is 9.31. The highest BCUT2D eigenvalue weighted by molar-refractivity contribution is 5.84. The topological polar surface area (TPSA) is 47.6 Å². The molecule has 2 heterocycles. The van der Waals surface area contributed by atoms with E-state index in [1.165, 1.54) is 0 Å². The molecule has 0 saturated carbocycles. The fraction of sp³-hybridized carbons (Fsp3) is 0.533. The Hall–Kier alpha value is -1.55. The first kappa shape index (κ1) is 12.5. The van der Waals surface area contributed by atoms with Crippen LogP contribution in [0.15, 0.2) is 30.3 Å². The van der Waals surface area contributed by atoms with Crippen molar-refractivity contribution in [3.8, 4) is 0 Å². The number of carbonyl (C=O) groups excluding carboxylic acids is 1. The highest BCUT2D eigenvalue weighted by Gasteiger charge is 2.36. The van der Waals surface area contributed by atoms with Crippen molar-refractivity contribution >= 4 is 11.8 Å². The normalized spacial score (nSPS) is 29.6. The third kappa shape index (κ3) is 3.07. The van der Waals surface area contributed by atoms with Crippen molar-refractivity contribution in [3.05, 3.63) is 30.3 Å². The van der Waals surface area contributed by atoms with Crippen molar-refractivity contribution in [2.45, 2.75) is 50.4 Å². The number of nitrogens with one attached hydrogen (secondary N) is 1. The number of fused-ring (bicyclic) bond motifs is 2. The molecule has 0 radical (unpaired) electrons. The van der Waals surface area contributed by atoms with Gasteiger partial charge < -0.3 is 9.47 Å². The molecule has 1 amide bonds. The molecule has 19 heavy (non-hydrogen) atoms. The molecule has 1 N–H and O–H groups in total. The monoisotopic (exact) mass is 261 g/mol. The molecule has 102 valence electrons. The first-order valence-corrected chi connectivity index (χ1v) is 6.99. The standard InChI is InChI=1S/C15H19NO3/c17-15(16-11-5-2-1-3-6-11)19-13-8-4-7-12-9-10-14(13)18-12/h1-3,5-6,12-14H,4,7-10H2,(H,16,17)/t12-,13-,14-/m0/s1. The minimum absolute atomic E-state index is 0.0917. The lowest BCUT2D eigenvalue weighted by molar-refractivity contribution is -0.0255. The smallest absolute Gasteiger partial charge is 0.411 e. The Kier molecular flexibility index (Phi) is 3.69. The van der Waals surface area contributed by atoms with Crippen LogP contribution in [0, 0.1) is 0 Å².